The lowest BCUT2D eigenvalue weighted by Crippen LogP contribution is -2.34. The van der Waals surface area contributed by atoms with Crippen molar-refractivity contribution in [1.82, 2.24) is 4.90 Å². The van der Waals surface area contributed by atoms with E-state index in [1.54, 1.807) is 0 Å². The highest BCUT2D eigenvalue weighted by Gasteiger charge is 2.18. The molecule has 1 heterocycles. The molecule has 1 unspecified atom stereocenters. The maximum Gasteiger partial charge on any atom is 0.136 e. The first-order chi connectivity index (χ1) is 26.7. The molecule has 1 aliphatic heterocycles. The van der Waals surface area contributed by atoms with Crippen molar-refractivity contribution in [2.75, 3.05) is 13.1 Å². The fourth-order valence-electron chi connectivity index (χ4n) is 6.85. The molecule has 0 N–H and O–H groups in total. The smallest absolute Gasteiger partial charge is 0.136 e. The van der Waals surface area contributed by atoms with Crippen LogP contribution in [-0.4, -0.2) is 23.8 Å². The van der Waals surface area contributed by atoms with Crippen molar-refractivity contribution < 1.29 is 0 Å². The van der Waals surface area contributed by atoms with Crippen molar-refractivity contribution in [3.63, 3.8) is 0 Å². The van der Waals surface area contributed by atoms with Crippen LogP contribution >= 0.6 is 0 Å². The average Bonchev–Trinajstić information content (AvgIpc) is 3.23. The molecule has 2 nitrogen and oxygen atoms in total. The Morgan fingerprint density at radius 1 is 0.636 bits per heavy atom. The Labute approximate surface area is 335 Å². The Hall–Kier alpha value is -5.21. The minimum atomic E-state index is 0.443. The molecule has 2 heteroatoms. The van der Waals surface area contributed by atoms with Gasteiger partial charge in [-0.05, 0) is 108 Å². The molecule has 5 aromatic rings. The van der Waals surface area contributed by atoms with Crippen molar-refractivity contribution in [2.24, 2.45) is 4.99 Å². The molecule has 0 bridgehead atoms. The van der Waals surface area contributed by atoms with E-state index >= 15 is 0 Å². The summed E-state index contributed by atoms with van der Waals surface area (Å²) >= 11 is 0. The van der Waals surface area contributed by atoms with Crippen LogP contribution in [-0.2, 0) is 0 Å². The Kier molecular flexibility index (Phi) is 18.9. The summed E-state index contributed by atoms with van der Waals surface area (Å²) in [4.78, 5) is 7.28. The minimum absolute atomic E-state index is 0.443. The summed E-state index contributed by atoms with van der Waals surface area (Å²) < 4.78 is 0. The van der Waals surface area contributed by atoms with Crippen molar-refractivity contribution in [2.45, 2.75) is 94.4 Å². The zero-order valence-corrected chi connectivity index (χ0v) is 35.5. The van der Waals surface area contributed by atoms with E-state index in [9.17, 15) is 0 Å². The van der Waals surface area contributed by atoms with E-state index in [-0.39, 0.29) is 0 Å². The Morgan fingerprint density at radius 3 is 1.67 bits per heavy atom. The molecule has 0 fully saturated rings. The van der Waals surface area contributed by atoms with E-state index in [2.05, 4.69) is 194 Å². The van der Waals surface area contributed by atoms with E-state index in [0.717, 1.165) is 37.5 Å². The fraction of sp³-hybridized carbons (Fsp3) is 0.302. The van der Waals surface area contributed by atoms with Crippen molar-refractivity contribution in [3.05, 3.63) is 191 Å². The zero-order chi connectivity index (χ0) is 40.2. The number of nitrogens with zero attached hydrogens (tertiary/aromatic N) is 2. The molecule has 0 amide bonds. The molecule has 5 aromatic carbocycles. The molecule has 0 saturated heterocycles. The third-order valence-corrected chi connectivity index (χ3v) is 9.72. The zero-order valence-electron chi connectivity index (χ0n) is 35.5. The maximum atomic E-state index is 4.93. The lowest BCUT2D eigenvalue weighted by Gasteiger charge is -2.28. The van der Waals surface area contributed by atoms with Gasteiger partial charge in [-0.15, -0.1) is 0 Å². The number of amidine groups is 1. The number of hydrogen-bond acceptors (Lipinski definition) is 2. The van der Waals surface area contributed by atoms with E-state index in [4.69, 9.17) is 4.99 Å². The molecule has 0 aliphatic carbocycles. The molecule has 1 aliphatic rings. The summed E-state index contributed by atoms with van der Waals surface area (Å²) in [5, 5.41) is 0. The molecular weight excluding hydrogens is 665 g/mol. The molecule has 0 aromatic heterocycles. The predicted octanol–water partition coefficient (Wildman–Crippen LogP) is 15.1. The molecule has 55 heavy (non-hydrogen) atoms. The molecular formula is C53H66N2. The normalized spacial score (nSPS) is 12.9. The average molecular weight is 731 g/mol. The van der Waals surface area contributed by atoms with Crippen LogP contribution in [0.4, 0.5) is 0 Å². The molecule has 0 radical (unpaired) electrons. The van der Waals surface area contributed by atoms with E-state index in [0.29, 0.717) is 5.92 Å². The largest absolute Gasteiger partial charge is 0.352 e. The lowest BCUT2D eigenvalue weighted by atomic mass is 9.85. The molecule has 1 atom stereocenters. The van der Waals surface area contributed by atoms with Crippen LogP contribution in [0.3, 0.4) is 0 Å². The van der Waals surface area contributed by atoms with Gasteiger partial charge in [0.2, 0.25) is 0 Å². The summed E-state index contributed by atoms with van der Waals surface area (Å²) in [6, 6.07) is 46.9. The van der Waals surface area contributed by atoms with Gasteiger partial charge in [-0.3, -0.25) is 0 Å². The summed E-state index contributed by atoms with van der Waals surface area (Å²) in [5.41, 5.74) is 15.2. The van der Waals surface area contributed by atoms with Crippen LogP contribution in [0.15, 0.2) is 151 Å². The highest BCUT2D eigenvalue weighted by atomic mass is 15.2. The van der Waals surface area contributed by atoms with Gasteiger partial charge in [0.05, 0.1) is 5.70 Å². The monoisotopic (exact) mass is 731 g/mol. The third kappa shape index (κ3) is 12.7. The van der Waals surface area contributed by atoms with Gasteiger partial charge in [-0.25, -0.2) is 4.99 Å². The van der Waals surface area contributed by atoms with Crippen LogP contribution in [0.5, 0.6) is 0 Å². The predicted molar refractivity (Wildman–Crippen MR) is 246 cm³/mol. The fourth-order valence-corrected chi connectivity index (χ4v) is 6.85. The van der Waals surface area contributed by atoms with Crippen molar-refractivity contribution >= 4 is 28.3 Å². The van der Waals surface area contributed by atoms with Crippen molar-refractivity contribution in [3.8, 4) is 0 Å². The maximum absolute atomic E-state index is 4.93. The summed E-state index contributed by atoms with van der Waals surface area (Å²) in [6.45, 7) is 28.0. The number of benzene rings is 5. The first-order valence-electron chi connectivity index (χ1n) is 20.4. The molecule has 288 valence electrons. The van der Waals surface area contributed by atoms with Crippen LogP contribution in [0.2, 0.25) is 0 Å². The first-order valence-corrected chi connectivity index (χ1v) is 20.4. The van der Waals surface area contributed by atoms with Gasteiger partial charge in [0.1, 0.15) is 5.84 Å². The Morgan fingerprint density at radius 2 is 1.11 bits per heavy atom. The second-order valence-corrected chi connectivity index (χ2v) is 14.1. The van der Waals surface area contributed by atoms with Gasteiger partial charge in [0, 0.05) is 18.7 Å². The topological polar surface area (TPSA) is 15.6 Å². The van der Waals surface area contributed by atoms with Gasteiger partial charge in [0.15, 0.2) is 0 Å². The second kappa shape index (κ2) is 23.5. The highest BCUT2D eigenvalue weighted by Crippen LogP contribution is 2.35. The Balaban J connectivity index is 0.000000274. The van der Waals surface area contributed by atoms with Gasteiger partial charge < -0.3 is 4.90 Å². The quantitative estimate of drug-likeness (QED) is 0.131. The molecule has 0 saturated carbocycles. The number of hydrogen-bond donors (Lipinski definition) is 0. The minimum Gasteiger partial charge on any atom is -0.352 e. The van der Waals surface area contributed by atoms with Gasteiger partial charge >= 0.3 is 0 Å². The standard InChI is InChI=1S/C29H32.C19H20N2.C3H8.C2H6/c1-20-13-7-9-15-26(20)22(3)19-23(4)28-17-11-12-18-29(28)25(6)24(5)27-16-10-8-14-21(27)2;1-2-14-21-15-13-18(16-9-5-3-6-10-16)20-19(21)17-11-7-4-8-12-17;1-3-2;1-2/h7-18,22H,4,19H2,1-3,5-6H3;3-13H,2,14-15H2,1H3;3H2,1-2H3;1-2H3/b25-24+;;;. The number of rotatable bonds is 10. The first kappa shape index (κ1) is 44.2. The van der Waals surface area contributed by atoms with E-state index in [1.165, 1.54) is 67.6 Å². The number of aryl methyl sites for hydroxylation is 2. The van der Waals surface area contributed by atoms with Gasteiger partial charge in [-0.2, -0.15) is 0 Å². The summed E-state index contributed by atoms with van der Waals surface area (Å²) in [5.74, 6) is 1.53. The van der Waals surface area contributed by atoms with Crippen LogP contribution in [0.1, 0.15) is 125 Å². The summed E-state index contributed by atoms with van der Waals surface area (Å²) in [7, 11) is 0. The Bertz CT molecular complexity index is 2000. The van der Waals surface area contributed by atoms with Crippen LogP contribution in [0, 0.1) is 13.8 Å². The number of aliphatic imine (C=N–C) groups is 1. The second-order valence-electron chi connectivity index (χ2n) is 14.1. The van der Waals surface area contributed by atoms with Crippen LogP contribution in [0.25, 0.3) is 22.4 Å². The number of allylic oxidation sites excluding steroid dienone is 3. The highest BCUT2D eigenvalue weighted by molar-refractivity contribution is 6.03. The lowest BCUT2D eigenvalue weighted by molar-refractivity contribution is 0.456. The van der Waals surface area contributed by atoms with Gasteiger partial charge in [0.25, 0.3) is 0 Å². The summed E-state index contributed by atoms with van der Waals surface area (Å²) in [6.07, 6.45) is 5.55. The van der Waals surface area contributed by atoms with E-state index < -0.39 is 0 Å². The third-order valence-electron chi connectivity index (χ3n) is 9.72. The van der Waals surface area contributed by atoms with Gasteiger partial charge in [-0.1, -0.05) is 188 Å². The molecule has 0 spiro atoms. The van der Waals surface area contributed by atoms with Crippen molar-refractivity contribution in [1.29, 1.82) is 0 Å². The van der Waals surface area contributed by atoms with E-state index in [1.807, 2.05) is 26.0 Å². The molecule has 6 rings (SSSR count). The van der Waals surface area contributed by atoms with Crippen LogP contribution < -0.4 is 0 Å². The SMILES string of the molecule is C=C(CC(C)c1ccccc1C)c1ccccc1/C(C)=C(\C)c1ccccc1C.CC.CCC.CCCN1CC=C(c2ccccc2)N=C1c1ccccc1.